The largest absolute Gasteiger partial charge is 0.486 e. The maximum absolute atomic E-state index is 6.44. The van der Waals surface area contributed by atoms with Gasteiger partial charge in [-0.1, -0.05) is 18.5 Å². The zero-order chi connectivity index (χ0) is 13.9. The Morgan fingerprint density at radius 3 is 2.65 bits per heavy atom. The van der Waals surface area contributed by atoms with Gasteiger partial charge in [-0.2, -0.15) is 0 Å². The molecule has 1 aromatic carbocycles. The van der Waals surface area contributed by atoms with Crippen LogP contribution in [0.5, 0.6) is 11.5 Å². The number of rotatable bonds is 4. The predicted molar refractivity (Wildman–Crippen MR) is 77.8 cm³/mol. The van der Waals surface area contributed by atoms with E-state index < -0.39 is 0 Å². The molecule has 0 radical (unpaired) electrons. The molecule has 1 N–H and O–H groups in total. The van der Waals surface area contributed by atoms with Crippen molar-refractivity contribution in [3.63, 3.8) is 0 Å². The number of likely N-dealkylation sites (N-methyl/N-ethyl adjacent to an activating group) is 1. The van der Waals surface area contributed by atoms with Crippen LogP contribution in [-0.4, -0.2) is 32.5 Å². The van der Waals surface area contributed by atoms with Crippen molar-refractivity contribution in [1.29, 1.82) is 0 Å². The molecule has 20 heavy (non-hydrogen) atoms. The van der Waals surface area contributed by atoms with Gasteiger partial charge in [0.15, 0.2) is 11.5 Å². The highest BCUT2D eigenvalue weighted by atomic mass is 35.5. The van der Waals surface area contributed by atoms with Crippen molar-refractivity contribution in [2.75, 3.05) is 26.4 Å². The Kier molecular flexibility index (Phi) is 4.34. The number of fused-ring (bicyclic) bond motifs is 1. The van der Waals surface area contributed by atoms with Crippen molar-refractivity contribution in [2.45, 2.75) is 31.9 Å². The molecule has 0 aliphatic carbocycles. The number of ether oxygens (including phenoxy) is 3. The summed E-state index contributed by atoms with van der Waals surface area (Å²) < 4.78 is 17.0. The van der Waals surface area contributed by atoms with Crippen LogP contribution in [0.25, 0.3) is 0 Å². The summed E-state index contributed by atoms with van der Waals surface area (Å²) in [7, 11) is 0. The first-order chi connectivity index (χ1) is 9.79. The number of nitrogens with one attached hydrogen (secondary N) is 1. The Morgan fingerprint density at radius 2 is 2.00 bits per heavy atom. The number of halogens is 1. The van der Waals surface area contributed by atoms with Crippen LogP contribution in [0.3, 0.4) is 0 Å². The van der Waals surface area contributed by atoms with Crippen LogP contribution in [0.1, 0.15) is 31.4 Å². The fraction of sp³-hybridized carbons (Fsp3) is 0.600. The van der Waals surface area contributed by atoms with Gasteiger partial charge in [-0.25, -0.2) is 0 Å². The van der Waals surface area contributed by atoms with Gasteiger partial charge in [0.05, 0.1) is 12.1 Å². The SMILES string of the molecule is CCNC(c1cc2c(cc1Cl)OCCO2)C1CCCO1. The number of hydrogen-bond acceptors (Lipinski definition) is 4. The first kappa shape index (κ1) is 14.0. The predicted octanol–water partition coefficient (Wildman–Crippen LogP) is 2.94. The van der Waals surface area contributed by atoms with Crippen LogP contribution in [0.2, 0.25) is 5.02 Å². The number of hydrogen-bond donors (Lipinski definition) is 1. The molecular weight excluding hydrogens is 278 g/mol. The first-order valence-corrected chi connectivity index (χ1v) is 7.61. The summed E-state index contributed by atoms with van der Waals surface area (Å²) in [5, 5.41) is 4.19. The van der Waals surface area contributed by atoms with E-state index in [4.69, 9.17) is 25.8 Å². The van der Waals surface area contributed by atoms with Crippen molar-refractivity contribution in [3.8, 4) is 11.5 Å². The first-order valence-electron chi connectivity index (χ1n) is 7.23. The summed E-state index contributed by atoms with van der Waals surface area (Å²) in [6.07, 6.45) is 2.34. The second-order valence-corrected chi connectivity index (χ2v) is 5.51. The van der Waals surface area contributed by atoms with Crippen LogP contribution >= 0.6 is 11.6 Å². The van der Waals surface area contributed by atoms with Crippen LogP contribution in [0, 0.1) is 0 Å². The fourth-order valence-electron chi connectivity index (χ4n) is 2.85. The van der Waals surface area contributed by atoms with Crippen LogP contribution < -0.4 is 14.8 Å². The molecule has 0 bridgehead atoms. The highest BCUT2D eigenvalue weighted by molar-refractivity contribution is 6.31. The quantitative estimate of drug-likeness (QED) is 0.927. The number of benzene rings is 1. The average Bonchev–Trinajstić information content (AvgIpc) is 2.98. The Balaban J connectivity index is 1.92. The van der Waals surface area contributed by atoms with Gasteiger partial charge in [0.25, 0.3) is 0 Å². The van der Waals surface area contributed by atoms with E-state index in [-0.39, 0.29) is 12.1 Å². The monoisotopic (exact) mass is 297 g/mol. The molecule has 1 fully saturated rings. The minimum absolute atomic E-state index is 0.103. The highest BCUT2D eigenvalue weighted by Gasteiger charge is 2.29. The lowest BCUT2D eigenvalue weighted by Crippen LogP contribution is -2.32. The minimum atomic E-state index is 0.103. The maximum Gasteiger partial charge on any atom is 0.162 e. The van der Waals surface area contributed by atoms with Gasteiger partial charge >= 0.3 is 0 Å². The smallest absolute Gasteiger partial charge is 0.162 e. The van der Waals surface area contributed by atoms with Crippen molar-refractivity contribution < 1.29 is 14.2 Å². The minimum Gasteiger partial charge on any atom is -0.486 e. The van der Waals surface area contributed by atoms with Gasteiger partial charge in [0.1, 0.15) is 13.2 Å². The van der Waals surface area contributed by atoms with E-state index in [0.29, 0.717) is 18.2 Å². The summed E-state index contributed by atoms with van der Waals surface area (Å²) in [6, 6.07) is 3.95. The topological polar surface area (TPSA) is 39.7 Å². The van der Waals surface area contributed by atoms with E-state index in [1.165, 1.54) is 0 Å². The van der Waals surface area contributed by atoms with Gasteiger partial charge in [0, 0.05) is 17.7 Å². The van der Waals surface area contributed by atoms with Crippen LogP contribution in [-0.2, 0) is 4.74 Å². The third-order valence-electron chi connectivity index (χ3n) is 3.76. The molecular formula is C15H20ClNO3. The van der Waals surface area contributed by atoms with Gasteiger partial charge in [-0.15, -0.1) is 0 Å². The molecule has 2 unspecified atom stereocenters. The normalized spacial score (nSPS) is 22.8. The van der Waals surface area contributed by atoms with Gasteiger partial charge < -0.3 is 19.5 Å². The second-order valence-electron chi connectivity index (χ2n) is 5.10. The molecule has 1 aromatic rings. The van der Waals surface area contributed by atoms with E-state index in [1.807, 2.05) is 12.1 Å². The fourth-order valence-corrected chi connectivity index (χ4v) is 3.12. The summed E-state index contributed by atoms with van der Waals surface area (Å²) in [5.41, 5.74) is 1.03. The molecule has 0 spiro atoms. The van der Waals surface area contributed by atoms with Gasteiger partial charge in [-0.3, -0.25) is 0 Å². The average molecular weight is 298 g/mol. The van der Waals surface area contributed by atoms with E-state index in [2.05, 4.69) is 12.2 Å². The molecule has 0 saturated carbocycles. The van der Waals surface area contributed by atoms with Crippen molar-refractivity contribution in [3.05, 3.63) is 22.7 Å². The molecule has 0 aromatic heterocycles. The van der Waals surface area contributed by atoms with E-state index >= 15 is 0 Å². The Morgan fingerprint density at radius 1 is 1.25 bits per heavy atom. The molecule has 5 heteroatoms. The lowest BCUT2D eigenvalue weighted by atomic mass is 9.98. The molecule has 3 rings (SSSR count). The van der Waals surface area contributed by atoms with E-state index in [9.17, 15) is 0 Å². The lowest BCUT2D eigenvalue weighted by Gasteiger charge is -2.27. The lowest BCUT2D eigenvalue weighted by molar-refractivity contribution is 0.0786. The zero-order valence-corrected chi connectivity index (χ0v) is 12.4. The van der Waals surface area contributed by atoms with Crippen molar-refractivity contribution >= 4 is 11.6 Å². The molecule has 2 atom stereocenters. The molecule has 110 valence electrons. The van der Waals surface area contributed by atoms with Crippen molar-refractivity contribution in [2.24, 2.45) is 0 Å². The van der Waals surface area contributed by atoms with Gasteiger partial charge in [0.2, 0.25) is 0 Å². The third kappa shape index (κ3) is 2.73. The van der Waals surface area contributed by atoms with Crippen LogP contribution in [0.4, 0.5) is 0 Å². The zero-order valence-electron chi connectivity index (χ0n) is 11.7. The Hall–Kier alpha value is -0.970. The summed E-state index contributed by atoms with van der Waals surface area (Å²) in [6.45, 7) is 4.95. The molecule has 4 nitrogen and oxygen atoms in total. The summed E-state index contributed by atoms with van der Waals surface area (Å²) in [4.78, 5) is 0. The summed E-state index contributed by atoms with van der Waals surface area (Å²) >= 11 is 6.44. The molecule has 2 aliphatic rings. The van der Waals surface area contributed by atoms with Crippen molar-refractivity contribution in [1.82, 2.24) is 5.32 Å². The molecule has 1 saturated heterocycles. The Labute approximate surface area is 124 Å². The summed E-state index contributed by atoms with van der Waals surface area (Å²) in [5.74, 6) is 1.50. The highest BCUT2D eigenvalue weighted by Crippen LogP contribution is 2.40. The molecule has 2 heterocycles. The van der Waals surface area contributed by atoms with Crippen LogP contribution in [0.15, 0.2) is 12.1 Å². The van der Waals surface area contributed by atoms with E-state index in [0.717, 1.165) is 43.1 Å². The third-order valence-corrected chi connectivity index (χ3v) is 4.08. The Bertz CT molecular complexity index is 474. The molecule has 0 amide bonds. The second kappa shape index (κ2) is 6.20. The van der Waals surface area contributed by atoms with E-state index in [1.54, 1.807) is 0 Å². The standard InChI is InChI=1S/C15H20ClNO3/c1-2-17-15(12-4-3-5-18-12)10-8-13-14(9-11(10)16)20-7-6-19-13/h8-9,12,15,17H,2-7H2,1H3. The van der Waals surface area contributed by atoms with Gasteiger partial charge in [-0.05, 0) is 31.0 Å². The maximum atomic E-state index is 6.44. The molecule has 2 aliphatic heterocycles.